The number of fused-ring (bicyclic) bond motifs is 1. The van der Waals surface area contributed by atoms with Crippen LogP contribution in [0.25, 0.3) is 11.0 Å². The van der Waals surface area contributed by atoms with Crippen LogP contribution in [0.15, 0.2) is 29.2 Å². The molecule has 1 fully saturated rings. The Bertz CT molecular complexity index is 1060. The first-order chi connectivity index (χ1) is 12.9. The Morgan fingerprint density at radius 2 is 1.81 bits per heavy atom. The topological polar surface area (TPSA) is 87.1 Å². The third-order valence-corrected chi connectivity index (χ3v) is 7.40. The van der Waals surface area contributed by atoms with E-state index in [1.807, 2.05) is 25.2 Å². The van der Waals surface area contributed by atoms with Crippen LogP contribution in [0.4, 0.5) is 0 Å². The van der Waals surface area contributed by atoms with Gasteiger partial charge in [0.25, 0.3) is 0 Å². The van der Waals surface area contributed by atoms with Crippen molar-refractivity contribution in [2.45, 2.75) is 25.3 Å². The molecule has 1 saturated heterocycles. The molecule has 0 saturated carbocycles. The summed E-state index contributed by atoms with van der Waals surface area (Å²) in [7, 11) is -1.49. The highest BCUT2D eigenvalue weighted by Crippen LogP contribution is 2.23. The van der Waals surface area contributed by atoms with Crippen molar-refractivity contribution in [1.29, 1.82) is 0 Å². The van der Waals surface area contributed by atoms with E-state index in [2.05, 4.69) is 25.7 Å². The Hall–Kier alpha value is -2.23. The van der Waals surface area contributed by atoms with Crippen LogP contribution in [0.3, 0.4) is 0 Å². The van der Waals surface area contributed by atoms with E-state index < -0.39 is 10.0 Å². The van der Waals surface area contributed by atoms with Gasteiger partial charge in [-0.1, -0.05) is 12.1 Å². The van der Waals surface area contributed by atoms with Crippen LogP contribution >= 0.6 is 0 Å². The molecule has 0 unspecified atom stereocenters. The van der Waals surface area contributed by atoms with Crippen LogP contribution in [0.2, 0.25) is 0 Å². The fraction of sp³-hybridized carbons (Fsp3) is 0.444. The Kier molecular flexibility index (Phi) is 4.53. The number of benzene rings is 1. The SMILES string of the molecule is Cc1n[nH]c(C)c1S(=O)(=O)N1CCN(Cc2nc3ccccc3n2C)CC1. The lowest BCUT2D eigenvalue weighted by Gasteiger charge is -2.33. The number of hydrogen-bond acceptors (Lipinski definition) is 5. The monoisotopic (exact) mass is 388 g/mol. The van der Waals surface area contributed by atoms with Gasteiger partial charge in [0.2, 0.25) is 10.0 Å². The van der Waals surface area contributed by atoms with Gasteiger partial charge in [0.1, 0.15) is 10.7 Å². The number of aromatic amines is 1. The molecule has 3 aromatic rings. The second-order valence-electron chi connectivity index (χ2n) is 7.02. The van der Waals surface area contributed by atoms with Gasteiger partial charge in [-0.05, 0) is 26.0 Å². The lowest BCUT2D eigenvalue weighted by atomic mass is 10.3. The van der Waals surface area contributed by atoms with Gasteiger partial charge in [-0.25, -0.2) is 13.4 Å². The van der Waals surface area contributed by atoms with E-state index in [9.17, 15) is 8.42 Å². The maximum atomic E-state index is 13.0. The highest BCUT2D eigenvalue weighted by atomic mass is 32.2. The van der Waals surface area contributed by atoms with E-state index in [1.165, 1.54) is 0 Å². The fourth-order valence-electron chi connectivity index (χ4n) is 3.71. The molecule has 144 valence electrons. The summed E-state index contributed by atoms with van der Waals surface area (Å²) >= 11 is 0. The molecule has 2 aromatic heterocycles. The molecule has 9 heteroatoms. The van der Waals surface area contributed by atoms with Crippen LogP contribution in [-0.2, 0) is 23.6 Å². The predicted molar refractivity (Wildman–Crippen MR) is 103 cm³/mol. The normalized spacial score (nSPS) is 17.0. The van der Waals surface area contributed by atoms with Gasteiger partial charge in [-0.2, -0.15) is 9.40 Å². The average Bonchev–Trinajstić information content (AvgIpc) is 3.15. The predicted octanol–water partition coefficient (Wildman–Crippen LogP) is 1.42. The molecule has 1 aliphatic rings. The fourth-order valence-corrected chi connectivity index (χ4v) is 5.47. The maximum absolute atomic E-state index is 13.0. The van der Waals surface area contributed by atoms with Crippen molar-refractivity contribution in [3.05, 3.63) is 41.5 Å². The summed E-state index contributed by atoms with van der Waals surface area (Å²) < 4.78 is 29.6. The summed E-state index contributed by atoms with van der Waals surface area (Å²) in [5.74, 6) is 0.994. The molecule has 0 atom stereocenters. The minimum atomic E-state index is -3.51. The average molecular weight is 388 g/mol. The zero-order chi connectivity index (χ0) is 19.2. The van der Waals surface area contributed by atoms with Crippen molar-refractivity contribution in [3.63, 3.8) is 0 Å². The van der Waals surface area contributed by atoms with Crippen molar-refractivity contribution in [1.82, 2.24) is 29.0 Å². The molecular formula is C18H24N6O2S. The van der Waals surface area contributed by atoms with E-state index in [-0.39, 0.29) is 0 Å². The Balaban J connectivity index is 1.47. The van der Waals surface area contributed by atoms with E-state index in [0.29, 0.717) is 49.0 Å². The Morgan fingerprint density at radius 1 is 1.11 bits per heavy atom. The third-order valence-electron chi connectivity index (χ3n) is 5.23. The third kappa shape index (κ3) is 3.15. The highest BCUT2D eigenvalue weighted by Gasteiger charge is 2.32. The molecular weight excluding hydrogens is 364 g/mol. The van der Waals surface area contributed by atoms with Gasteiger partial charge < -0.3 is 4.57 Å². The van der Waals surface area contributed by atoms with Crippen LogP contribution in [0, 0.1) is 13.8 Å². The zero-order valence-electron chi connectivity index (χ0n) is 15.8. The molecule has 0 aliphatic carbocycles. The molecule has 0 radical (unpaired) electrons. The molecule has 1 aromatic carbocycles. The van der Waals surface area contributed by atoms with E-state index in [0.717, 1.165) is 16.9 Å². The van der Waals surface area contributed by atoms with Crippen molar-refractivity contribution in [2.75, 3.05) is 26.2 Å². The number of aryl methyl sites for hydroxylation is 3. The lowest BCUT2D eigenvalue weighted by molar-refractivity contribution is 0.177. The minimum absolute atomic E-state index is 0.311. The number of sulfonamides is 1. The first-order valence-corrected chi connectivity index (χ1v) is 10.5. The number of H-pyrrole nitrogens is 1. The van der Waals surface area contributed by atoms with Gasteiger partial charge in [0, 0.05) is 33.2 Å². The quantitative estimate of drug-likeness (QED) is 0.730. The minimum Gasteiger partial charge on any atom is -0.330 e. The summed E-state index contributed by atoms with van der Waals surface area (Å²) in [6.07, 6.45) is 0. The van der Waals surface area contributed by atoms with Gasteiger partial charge in [0.05, 0.1) is 29.0 Å². The number of nitrogens with zero attached hydrogens (tertiary/aromatic N) is 5. The molecule has 1 aliphatic heterocycles. The van der Waals surface area contributed by atoms with Crippen LogP contribution < -0.4 is 0 Å². The second-order valence-corrected chi connectivity index (χ2v) is 8.89. The zero-order valence-corrected chi connectivity index (χ0v) is 16.6. The van der Waals surface area contributed by atoms with Gasteiger partial charge in [-0.3, -0.25) is 10.00 Å². The second kappa shape index (κ2) is 6.74. The molecule has 0 spiro atoms. The number of rotatable bonds is 4. The lowest BCUT2D eigenvalue weighted by Crippen LogP contribution is -2.48. The smallest absolute Gasteiger partial charge is 0.246 e. The largest absolute Gasteiger partial charge is 0.330 e. The van der Waals surface area contributed by atoms with Crippen molar-refractivity contribution in [2.24, 2.45) is 7.05 Å². The van der Waals surface area contributed by atoms with Crippen molar-refractivity contribution < 1.29 is 8.42 Å². The number of piperazine rings is 1. The number of nitrogens with one attached hydrogen (secondary N) is 1. The number of aromatic nitrogens is 4. The summed E-state index contributed by atoms with van der Waals surface area (Å²) in [5, 5.41) is 6.79. The van der Waals surface area contributed by atoms with Crippen molar-refractivity contribution in [3.8, 4) is 0 Å². The van der Waals surface area contributed by atoms with Crippen LogP contribution in [0.1, 0.15) is 17.2 Å². The van der Waals surface area contributed by atoms with Crippen molar-refractivity contribution >= 4 is 21.1 Å². The van der Waals surface area contributed by atoms with E-state index in [4.69, 9.17) is 4.98 Å². The van der Waals surface area contributed by atoms with Gasteiger partial charge >= 0.3 is 0 Å². The highest BCUT2D eigenvalue weighted by molar-refractivity contribution is 7.89. The maximum Gasteiger partial charge on any atom is 0.246 e. The number of para-hydroxylation sites is 2. The molecule has 4 rings (SSSR count). The number of hydrogen-bond donors (Lipinski definition) is 1. The van der Waals surface area contributed by atoms with E-state index in [1.54, 1.807) is 18.2 Å². The number of imidazole rings is 1. The molecule has 8 nitrogen and oxygen atoms in total. The standard InChI is InChI=1S/C18H24N6O2S/c1-13-18(14(2)21-20-13)27(25,26)24-10-8-23(9-11-24)12-17-19-15-6-4-5-7-16(15)22(17)3/h4-7H,8-12H2,1-3H3,(H,20,21). The first-order valence-electron chi connectivity index (χ1n) is 9.02. The molecule has 3 heterocycles. The summed E-state index contributed by atoms with van der Waals surface area (Å²) in [6, 6.07) is 8.07. The van der Waals surface area contributed by atoms with Gasteiger partial charge in [-0.15, -0.1) is 0 Å². The molecule has 0 bridgehead atoms. The van der Waals surface area contributed by atoms with Gasteiger partial charge in [0.15, 0.2) is 0 Å². The molecule has 1 N–H and O–H groups in total. The van der Waals surface area contributed by atoms with Crippen LogP contribution in [0.5, 0.6) is 0 Å². The Labute approximate surface area is 158 Å². The molecule has 0 amide bonds. The first kappa shape index (κ1) is 18.1. The summed E-state index contributed by atoms with van der Waals surface area (Å²) in [6.45, 7) is 6.47. The summed E-state index contributed by atoms with van der Waals surface area (Å²) in [4.78, 5) is 7.28. The Morgan fingerprint density at radius 3 is 2.44 bits per heavy atom. The summed E-state index contributed by atoms with van der Waals surface area (Å²) in [5.41, 5.74) is 3.21. The molecule has 27 heavy (non-hydrogen) atoms. The van der Waals surface area contributed by atoms with E-state index >= 15 is 0 Å². The van der Waals surface area contributed by atoms with Crippen LogP contribution in [-0.4, -0.2) is 63.6 Å².